The van der Waals surface area contributed by atoms with Gasteiger partial charge in [-0.3, -0.25) is 0 Å². The number of rotatable bonds is 6. The van der Waals surface area contributed by atoms with Gasteiger partial charge in [-0.05, 0) is 55.7 Å². The minimum atomic E-state index is -0.0140. The number of fused-ring (bicyclic) bond motifs is 4. The number of para-hydroxylation sites is 1. The van der Waals surface area contributed by atoms with Crippen LogP contribution in [0.5, 0.6) is 11.5 Å². The van der Waals surface area contributed by atoms with E-state index in [0.717, 1.165) is 62.7 Å². The Balaban J connectivity index is 1.22. The van der Waals surface area contributed by atoms with Crippen molar-refractivity contribution in [2.45, 2.75) is 24.8 Å². The highest BCUT2D eigenvalue weighted by Gasteiger charge is 2.41. The van der Waals surface area contributed by atoms with E-state index in [-0.39, 0.29) is 5.54 Å². The number of methoxy groups -OCH3 is 1. The van der Waals surface area contributed by atoms with Crippen LogP contribution in [0.25, 0.3) is 5.69 Å². The second-order valence-corrected chi connectivity index (χ2v) is 8.21. The van der Waals surface area contributed by atoms with Gasteiger partial charge in [-0.25, -0.2) is 0 Å². The van der Waals surface area contributed by atoms with Crippen LogP contribution in [0.15, 0.2) is 66.9 Å². The Morgan fingerprint density at radius 1 is 0.967 bits per heavy atom. The van der Waals surface area contributed by atoms with Gasteiger partial charge in [0.2, 0.25) is 0 Å². The molecule has 1 N–H and O–H groups in total. The molecule has 30 heavy (non-hydrogen) atoms. The summed E-state index contributed by atoms with van der Waals surface area (Å²) in [7, 11) is 1.72. The molecule has 2 aliphatic heterocycles. The van der Waals surface area contributed by atoms with Crippen LogP contribution in [0, 0.1) is 0 Å². The number of benzene rings is 2. The van der Waals surface area contributed by atoms with Crippen molar-refractivity contribution in [3.8, 4) is 17.2 Å². The van der Waals surface area contributed by atoms with Crippen LogP contribution < -0.4 is 14.8 Å². The standard InChI is InChI=1S/C25H29N3O2/c1-29-21-10-11-23-22(19-21)26-25(24-9-5-15-28(23)24)12-16-27(17-13-25)14-6-18-30-20-7-3-2-4-8-20/h2-5,7-11,15,19,26H,6,12-14,16-18H2,1H3. The first-order valence-corrected chi connectivity index (χ1v) is 10.8. The monoisotopic (exact) mass is 403 g/mol. The summed E-state index contributed by atoms with van der Waals surface area (Å²) in [6.45, 7) is 4.01. The quantitative estimate of drug-likeness (QED) is 0.607. The van der Waals surface area contributed by atoms with Crippen molar-refractivity contribution in [1.29, 1.82) is 0 Å². The Bertz CT molecular complexity index is 991. The molecular formula is C25H29N3O2. The highest BCUT2D eigenvalue weighted by molar-refractivity contribution is 5.69. The lowest BCUT2D eigenvalue weighted by Gasteiger charge is -2.46. The molecule has 3 aromatic rings. The van der Waals surface area contributed by atoms with Crippen molar-refractivity contribution in [3.05, 3.63) is 72.6 Å². The van der Waals surface area contributed by atoms with Gasteiger partial charge in [-0.15, -0.1) is 0 Å². The molecule has 0 bridgehead atoms. The molecule has 2 aromatic carbocycles. The fourth-order valence-electron chi connectivity index (χ4n) is 4.79. The zero-order valence-corrected chi connectivity index (χ0v) is 17.5. The Kier molecular flexibility index (Phi) is 5.13. The van der Waals surface area contributed by atoms with Crippen molar-refractivity contribution in [2.75, 3.05) is 38.7 Å². The molecule has 0 unspecified atom stereocenters. The number of nitrogens with zero attached hydrogens (tertiary/aromatic N) is 2. The Morgan fingerprint density at radius 3 is 2.60 bits per heavy atom. The largest absolute Gasteiger partial charge is 0.497 e. The number of hydrogen-bond donors (Lipinski definition) is 1. The van der Waals surface area contributed by atoms with Crippen LogP contribution >= 0.6 is 0 Å². The van der Waals surface area contributed by atoms with Crippen LogP contribution in [0.2, 0.25) is 0 Å². The fourth-order valence-corrected chi connectivity index (χ4v) is 4.79. The van der Waals surface area contributed by atoms with Gasteiger partial charge in [0.05, 0.1) is 30.6 Å². The van der Waals surface area contributed by atoms with E-state index in [1.807, 2.05) is 36.4 Å². The number of anilines is 1. The normalized spacial score (nSPS) is 17.1. The van der Waals surface area contributed by atoms with Crippen molar-refractivity contribution < 1.29 is 9.47 Å². The summed E-state index contributed by atoms with van der Waals surface area (Å²) in [5.41, 5.74) is 3.71. The summed E-state index contributed by atoms with van der Waals surface area (Å²) in [6, 6.07) is 20.8. The third kappa shape index (κ3) is 3.54. The van der Waals surface area contributed by atoms with Crippen LogP contribution in [-0.2, 0) is 5.54 Å². The first-order valence-electron chi connectivity index (χ1n) is 10.8. The predicted octanol–water partition coefficient (Wildman–Crippen LogP) is 4.67. The number of nitrogens with one attached hydrogen (secondary N) is 1. The molecule has 5 heteroatoms. The number of aromatic nitrogens is 1. The van der Waals surface area contributed by atoms with Gasteiger partial charge in [0, 0.05) is 37.6 Å². The first-order chi connectivity index (χ1) is 14.8. The molecule has 3 heterocycles. The summed E-state index contributed by atoms with van der Waals surface area (Å²) in [6.07, 6.45) is 5.41. The van der Waals surface area contributed by atoms with Crippen molar-refractivity contribution in [1.82, 2.24) is 9.47 Å². The Labute approximate surface area is 178 Å². The highest BCUT2D eigenvalue weighted by atomic mass is 16.5. The minimum absolute atomic E-state index is 0.0140. The molecule has 0 saturated carbocycles. The number of hydrogen-bond acceptors (Lipinski definition) is 4. The third-order valence-electron chi connectivity index (χ3n) is 6.42. The average molecular weight is 404 g/mol. The van der Waals surface area contributed by atoms with E-state index < -0.39 is 0 Å². The molecule has 0 amide bonds. The zero-order chi connectivity index (χ0) is 20.4. The van der Waals surface area contributed by atoms with Gasteiger partial charge in [0.15, 0.2) is 0 Å². The van der Waals surface area contributed by atoms with Crippen LogP contribution in [0.3, 0.4) is 0 Å². The molecule has 5 rings (SSSR count). The van der Waals surface area contributed by atoms with Gasteiger partial charge in [0.25, 0.3) is 0 Å². The topological polar surface area (TPSA) is 38.7 Å². The van der Waals surface area contributed by atoms with Gasteiger partial charge < -0.3 is 24.3 Å². The predicted molar refractivity (Wildman–Crippen MR) is 120 cm³/mol. The van der Waals surface area contributed by atoms with Gasteiger partial charge >= 0.3 is 0 Å². The molecule has 1 spiro atoms. The summed E-state index contributed by atoms with van der Waals surface area (Å²) in [5.74, 6) is 1.85. The summed E-state index contributed by atoms with van der Waals surface area (Å²) < 4.78 is 13.7. The lowest BCUT2D eigenvalue weighted by atomic mass is 9.82. The summed E-state index contributed by atoms with van der Waals surface area (Å²) in [4.78, 5) is 2.57. The maximum Gasteiger partial charge on any atom is 0.121 e. The molecule has 2 aliphatic rings. The highest BCUT2D eigenvalue weighted by Crippen LogP contribution is 2.44. The molecule has 0 atom stereocenters. The first kappa shape index (κ1) is 19.1. The van der Waals surface area contributed by atoms with E-state index in [1.54, 1.807) is 7.11 Å². The molecule has 156 valence electrons. The summed E-state index contributed by atoms with van der Waals surface area (Å²) >= 11 is 0. The van der Waals surface area contributed by atoms with Gasteiger partial charge in [0.1, 0.15) is 11.5 Å². The van der Waals surface area contributed by atoms with E-state index >= 15 is 0 Å². The second kappa shape index (κ2) is 8.07. The minimum Gasteiger partial charge on any atom is -0.497 e. The maximum absolute atomic E-state index is 5.85. The van der Waals surface area contributed by atoms with Gasteiger partial charge in [-0.1, -0.05) is 18.2 Å². The lowest BCUT2D eigenvalue weighted by Crippen LogP contribution is -2.49. The van der Waals surface area contributed by atoms with Crippen LogP contribution in [0.1, 0.15) is 25.0 Å². The van der Waals surface area contributed by atoms with Crippen LogP contribution in [-0.4, -0.2) is 42.8 Å². The maximum atomic E-state index is 5.85. The molecule has 0 aliphatic carbocycles. The molecule has 1 fully saturated rings. The average Bonchev–Trinajstić information content (AvgIpc) is 3.30. The van der Waals surface area contributed by atoms with Crippen molar-refractivity contribution in [3.63, 3.8) is 0 Å². The number of ether oxygens (including phenoxy) is 2. The molecular weight excluding hydrogens is 374 g/mol. The van der Waals surface area contributed by atoms with Gasteiger partial charge in [-0.2, -0.15) is 0 Å². The molecule has 1 saturated heterocycles. The fraction of sp³-hybridized carbons (Fsp3) is 0.360. The van der Waals surface area contributed by atoms with E-state index in [9.17, 15) is 0 Å². The smallest absolute Gasteiger partial charge is 0.121 e. The Hall–Kier alpha value is -2.92. The molecule has 0 radical (unpaired) electrons. The molecule has 5 nitrogen and oxygen atoms in total. The van der Waals surface area contributed by atoms with E-state index in [4.69, 9.17) is 9.47 Å². The summed E-state index contributed by atoms with van der Waals surface area (Å²) in [5, 5.41) is 3.89. The SMILES string of the molecule is COc1ccc2c(c1)NC1(CCN(CCCOc3ccccc3)CC1)c1cccn1-2. The lowest BCUT2D eigenvalue weighted by molar-refractivity contribution is 0.158. The zero-order valence-electron chi connectivity index (χ0n) is 17.5. The van der Waals surface area contributed by atoms with Crippen molar-refractivity contribution in [2.24, 2.45) is 0 Å². The second-order valence-electron chi connectivity index (χ2n) is 8.21. The number of likely N-dealkylation sites (tertiary alicyclic amines) is 1. The van der Waals surface area contributed by atoms with Crippen molar-refractivity contribution >= 4 is 5.69 Å². The van der Waals surface area contributed by atoms with E-state index in [1.165, 1.54) is 11.4 Å². The Morgan fingerprint density at radius 2 is 1.80 bits per heavy atom. The molecule has 1 aromatic heterocycles. The third-order valence-corrected chi connectivity index (χ3v) is 6.42. The van der Waals surface area contributed by atoms with E-state index in [2.05, 4.69) is 45.2 Å². The van der Waals surface area contributed by atoms with E-state index in [0.29, 0.717) is 0 Å². The number of piperidine rings is 1. The van der Waals surface area contributed by atoms with Crippen LogP contribution in [0.4, 0.5) is 5.69 Å².